The van der Waals surface area contributed by atoms with Gasteiger partial charge in [-0.3, -0.25) is 9.59 Å². The largest absolute Gasteiger partial charge is 0.348 e. The van der Waals surface area contributed by atoms with Gasteiger partial charge in [0.15, 0.2) is 0 Å². The number of hydrogen-bond donors (Lipinski definition) is 0. The Bertz CT molecular complexity index is 898. The van der Waals surface area contributed by atoms with Gasteiger partial charge in [0, 0.05) is 43.8 Å². The highest BCUT2D eigenvalue weighted by Gasteiger charge is 2.51. The Labute approximate surface area is 160 Å². The summed E-state index contributed by atoms with van der Waals surface area (Å²) >= 11 is 0. The Hall–Kier alpha value is -2.56. The van der Waals surface area contributed by atoms with Gasteiger partial charge in [-0.2, -0.15) is 0 Å². The molecule has 0 N–H and O–H groups in total. The SMILES string of the molecule is CN1C(=O)C2(CCN(C(=O)c3ccn(C(C)(C)C)c3)CC2)c2ccccc21. The van der Waals surface area contributed by atoms with Crippen LogP contribution >= 0.6 is 0 Å². The van der Waals surface area contributed by atoms with Crippen LogP contribution in [-0.4, -0.2) is 41.4 Å². The van der Waals surface area contributed by atoms with E-state index in [-0.39, 0.29) is 17.4 Å². The second-order valence-corrected chi connectivity index (χ2v) is 8.73. The number of aromatic nitrogens is 1. The van der Waals surface area contributed by atoms with Gasteiger partial charge < -0.3 is 14.4 Å². The van der Waals surface area contributed by atoms with Crippen molar-refractivity contribution in [2.24, 2.45) is 0 Å². The number of anilines is 1. The van der Waals surface area contributed by atoms with E-state index < -0.39 is 5.41 Å². The number of rotatable bonds is 1. The summed E-state index contributed by atoms with van der Waals surface area (Å²) in [5, 5.41) is 0. The highest BCUT2D eigenvalue weighted by atomic mass is 16.2. The number of nitrogens with zero attached hydrogens (tertiary/aromatic N) is 3. The highest BCUT2D eigenvalue weighted by molar-refractivity contribution is 6.08. The molecule has 5 heteroatoms. The van der Waals surface area contributed by atoms with Gasteiger partial charge in [0.05, 0.1) is 11.0 Å². The van der Waals surface area contributed by atoms with E-state index in [1.807, 2.05) is 48.6 Å². The van der Waals surface area contributed by atoms with Crippen molar-refractivity contribution in [1.82, 2.24) is 9.47 Å². The van der Waals surface area contributed by atoms with Crippen molar-refractivity contribution in [3.63, 3.8) is 0 Å². The van der Waals surface area contributed by atoms with Crippen LogP contribution in [-0.2, 0) is 15.7 Å². The quantitative estimate of drug-likeness (QED) is 0.778. The maximum Gasteiger partial charge on any atom is 0.255 e. The van der Waals surface area contributed by atoms with Gasteiger partial charge >= 0.3 is 0 Å². The molecule has 4 rings (SSSR count). The molecule has 1 spiro atoms. The van der Waals surface area contributed by atoms with E-state index in [1.54, 1.807) is 4.90 Å². The van der Waals surface area contributed by atoms with Crippen molar-refractivity contribution < 1.29 is 9.59 Å². The summed E-state index contributed by atoms with van der Waals surface area (Å²) in [6, 6.07) is 9.94. The van der Waals surface area contributed by atoms with Crippen LogP contribution in [0.5, 0.6) is 0 Å². The molecular weight excluding hydrogens is 338 g/mol. The van der Waals surface area contributed by atoms with Crippen molar-refractivity contribution in [3.05, 3.63) is 53.9 Å². The van der Waals surface area contributed by atoms with Crippen molar-refractivity contribution in [1.29, 1.82) is 0 Å². The molecule has 2 aliphatic heterocycles. The molecule has 1 saturated heterocycles. The minimum Gasteiger partial charge on any atom is -0.348 e. The molecule has 0 aliphatic carbocycles. The van der Waals surface area contributed by atoms with Gasteiger partial charge in [0.1, 0.15) is 0 Å². The smallest absolute Gasteiger partial charge is 0.255 e. The lowest BCUT2D eigenvalue weighted by Gasteiger charge is -2.38. The molecule has 0 atom stereocenters. The molecule has 2 aromatic rings. The second-order valence-electron chi connectivity index (χ2n) is 8.73. The van der Waals surface area contributed by atoms with Crippen LogP contribution in [0.3, 0.4) is 0 Å². The molecule has 0 radical (unpaired) electrons. The third kappa shape index (κ3) is 2.68. The van der Waals surface area contributed by atoms with Gasteiger partial charge in [0.25, 0.3) is 5.91 Å². The third-order valence-corrected chi connectivity index (χ3v) is 6.11. The molecule has 0 bridgehead atoms. The summed E-state index contributed by atoms with van der Waals surface area (Å²) in [5.74, 6) is 0.217. The summed E-state index contributed by atoms with van der Waals surface area (Å²) in [4.78, 5) is 29.6. The first-order valence-electron chi connectivity index (χ1n) is 9.59. The van der Waals surface area contributed by atoms with E-state index in [0.29, 0.717) is 25.9 Å². The number of hydrogen-bond acceptors (Lipinski definition) is 2. The van der Waals surface area contributed by atoms with Gasteiger partial charge in [-0.1, -0.05) is 18.2 Å². The van der Waals surface area contributed by atoms with Crippen molar-refractivity contribution in [2.45, 2.75) is 44.6 Å². The summed E-state index contributed by atoms with van der Waals surface area (Å²) in [6.07, 6.45) is 5.25. The predicted octanol–water partition coefficient (Wildman–Crippen LogP) is 3.39. The number of para-hydroxylation sites is 1. The number of carbonyl (C=O) groups is 2. The zero-order valence-corrected chi connectivity index (χ0v) is 16.5. The fraction of sp³-hybridized carbons (Fsp3) is 0.455. The first-order chi connectivity index (χ1) is 12.7. The third-order valence-electron chi connectivity index (χ3n) is 6.11. The lowest BCUT2D eigenvalue weighted by Crippen LogP contribution is -2.49. The van der Waals surface area contributed by atoms with E-state index in [4.69, 9.17) is 0 Å². The van der Waals surface area contributed by atoms with Gasteiger partial charge in [-0.05, 0) is 51.3 Å². The predicted molar refractivity (Wildman–Crippen MR) is 106 cm³/mol. The topological polar surface area (TPSA) is 45.6 Å². The van der Waals surface area contributed by atoms with Crippen LogP contribution in [0.25, 0.3) is 0 Å². The maximum atomic E-state index is 13.0. The molecule has 1 aromatic carbocycles. The first-order valence-corrected chi connectivity index (χ1v) is 9.59. The Morgan fingerprint density at radius 3 is 2.37 bits per heavy atom. The number of carbonyl (C=O) groups excluding carboxylic acids is 2. The molecule has 1 aromatic heterocycles. The van der Waals surface area contributed by atoms with Crippen molar-refractivity contribution in [2.75, 3.05) is 25.0 Å². The summed E-state index contributed by atoms with van der Waals surface area (Å²) in [6.45, 7) is 7.56. The van der Waals surface area contributed by atoms with E-state index in [0.717, 1.165) is 16.8 Å². The lowest BCUT2D eigenvalue weighted by molar-refractivity contribution is -0.124. The molecule has 5 nitrogen and oxygen atoms in total. The van der Waals surface area contributed by atoms with Crippen LogP contribution in [0.15, 0.2) is 42.7 Å². The zero-order valence-electron chi connectivity index (χ0n) is 16.5. The minimum atomic E-state index is -0.473. The number of amides is 2. The molecular formula is C22H27N3O2. The van der Waals surface area contributed by atoms with E-state index in [1.165, 1.54) is 0 Å². The monoisotopic (exact) mass is 365 g/mol. The van der Waals surface area contributed by atoms with Crippen LogP contribution < -0.4 is 4.90 Å². The fourth-order valence-electron chi connectivity index (χ4n) is 4.41. The second kappa shape index (κ2) is 5.98. The van der Waals surface area contributed by atoms with Gasteiger partial charge in [-0.15, -0.1) is 0 Å². The number of likely N-dealkylation sites (tertiary alicyclic amines) is 1. The minimum absolute atomic E-state index is 0.0466. The molecule has 2 amide bonds. The molecule has 1 fully saturated rings. The van der Waals surface area contributed by atoms with E-state index in [9.17, 15) is 9.59 Å². The molecule has 0 unspecified atom stereocenters. The van der Waals surface area contributed by atoms with Crippen LogP contribution in [0, 0.1) is 0 Å². The molecule has 142 valence electrons. The molecule has 2 aliphatic rings. The maximum absolute atomic E-state index is 13.0. The first kappa shape index (κ1) is 17.8. The highest BCUT2D eigenvalue weighted by Crippen LogP contribution is 2.47. The Morgan fingerprint density at radius 2 is 1.74 bits per heavy atom. The van der Waals surface area contributed by atoms with E-state index in [2.05, 4.69) is 31.4 Å². The number of fused-ring (bicyclic) bond motifs is 2. The lowest BCUT2D eigenvalue weighted by atomic mass is 9.73. The van der Waals surface area contributed by atoms with Gasteiger partial charge in [-0.25, -0.2) is 0 Å². The van der Waals surface area contributed by atoms with Crippen LogP contribution in [0.4, 0.5) is 5.69 Å². The number of likely N-dealkylation sites (N-methyl/N-ethyl adjacent to an activating group) is 1. The average Bonchev–Trinajstić information content (AvgIpc) is 3.23. The van der Waals surface area contributed by atoms with Crippen LogP contribution in [0.2, 0.25) is 0 Å². The Morgan fingerprint density at radius 1 is 1.07 bits per heavy atom. The zero-order chi connectivity index (χ0) is 19.4. The van der Waals surface area contributed by atoms with Crippen LogP contribution in [0.1, 0.15) is 49.5 Å². The Balaban J connectivity index is 1.53. The molecule has 0 saturated carbocycles. The van der Waals surface area contributed by atoms with Gasteiger partial charge in [0.2, 0.25) is 5.91 Å². The normalized spacial score (nSPS) is 18.9. The average molecular weight is 365 g/mol. The summed E-state index contributed by atoms with van der Waals surface area (Å²) < 4.78 is 2.07. The molecule has 3 heterocycles. The summed E-state index contributed by atoms with van der Waals surface area (Å²) in [5.41, 5.74) is 2.32. The van der Waals surface area contributed by atoms with Crippen molar-refractivity contribution in [3.8, 4) is 0 Å². The number of benzene rings is 1. The Kier molecular flexibility index (Phi) is 3.95. The van der Waals surface area contributed by atoms with Crippen molar-refractivity contribution >= 4 is 17.5 Å². The molecule has 27 heavy (non-hydrogen) atoms. The van der Waals surface area contributed by atoms with E-state index >= 15 is 0 Å². The number of piperidine rings is 1. The standard InChI is InChI=1S/C22H27N3O2/c1-21(2,3)25-12-9-16(15-25)19(26)24-13-10-22(11-14-24)17-7-5-6-8-18(17)23(4)20(22)27/h5-9,12,15H,10-11,13-14H2,1-4H3. The summed E-state index contributed by atoms with van der Waals surface area (Å²) in [7, 11) is 1.85. The fourth-order valence-corrected chi connectivity index (χ4v) is 4.41.